The van der Waals surface area contributed by atoms with E-state index in [1.807, 2.05) is 17.6 Å². The number of carbonyl (C=O) groups is 1. The number of nitrogens with zero attached hydrogens (tertiary/aromatic N) is 3. The Labute approximate surface area is 126 Å². The first-order valence-electron chi connectivity index (χ1n) is 6.42. The summed E-state index contributed by atoms with van der Waals surface area (Å²) in [5, 5.41) is 3.71. The second kappa shape index (κ2) is 5.81. The second-order valence-corrected chi connectivity index (χ2v) is 5.92. The lowest BCUT2D eigenvalue weighted by Crippen LogP contribution is -2.46. The molecule has 1 saturated heterocycles. The molecule has 1 aromatic heterocycles. The SMILES string of the molecule is O=Cc1ccc(Cl)cc1N1CCN(c2nccs2)CC1. The van der Waals surface area contributed by atoms with E-state index in [1.165, 1.54) is 0 Å². The summed E-state index contributed by atoms with van der Waals surface area (Å²) in [6.07, 6.45) is 2.71. The summed E-state index contributed by atoms with van der Waals surface area (Å²) < 4.78 is 0. The van der Waals surface area contributed by atoms with Gasteiger partial charge in [-0.05, 0) is 18.2 Å². The van der Waals surface area contributed by atoms with Gasteiger partial charge in [-0.1, -0.05) is 11.6 Å². The maximum atomic E-state index is 11.1. The van der Waals surface area contributed by atoms with E-state index >= 15 is 0 Å². The summed E-state index contributed by atoms with van der Waals surface area (Å²) in [4.78, 5) is 20.0. The third-order valence-corrected chi connectivity index (χ3v) is 4.50. The molecule has 0 unspecified atom stereocenters. The van der Waals surface area contributed by atoms with E-state index in [4.69, 9.17) is 11.6 Å². The highest BCUT2D eigenvalue weighted by molar-refractivity contribution is 7.13. The van der Waals surface area contributed by atoms with Gasteiger partial charge < -0.3 is 9.80 Å². The Bertz CT molecular complexity index is 594. The number of anilines is 2. The zero-order valence-electron chi connectivity index (χ0n) is 10.8. The van der Waals surface area contributed by atoms with Crippen molar-refractivity contribution in [3.8, 4) is 0 Å². The van der Waals surface area contributed by atoms with Crippen LogP contribution in [0, 0.1) is 0 Å². The predicted octanol–water partition coefficient (Wildman–Crippen LogP) is 2.94. The Hall–Kier alpha value is -1.59. The smallest absolute Gasteiger partial charge is 0.185 e. The van der Waals surface area contributed by atoms with Crippen LogP contribution in [0.25, 0.3) is 0 Å². The summed E-state index contributed by atoms with van der Waals surface area (Å²) in [5.74, 6) is 0. The van der Waals surface area contributed by atoms with Crippen molar-refractivity contribution in [1.82, 2.24) is 4.98 Å². The van der Waals surface area contributed by atoms with Crippen molar-refractivity contribution in [2.45, 2.75) is 0 Å². The van der Waals surface area contributed by atoms with Gasteiger partial charge in [-0.25, -0.2) is 4.98 Å². The molecule has 1 aliphatic rings. The largest absolute Gasteiger partial charge is 0.367 e. The van der Waals surface area contributed by atoms with Crippen molar-refractivity contribution >= 4 is 40.0 Å². The first-order chi connectivity index (χ1) is 9.78. The predicted molar refractivity (Wildman–Crippen MR) is 83.4 cm³/mol. The average Bonchev–Trinajstić information content (AvgIpc) is 3.02. The highest BCUT2D eigenvalue weighted by atomic mass is 35.5. The Morgan fingerprint density at radius 2 is 1.95 bits per heavy atom. The minimum absolute atomic E-state index is 0.660. The van der Waals surface area contributed by atoms with E-state index in [-0.39, 0.29) is 0 Å². The minimum atomic E-state index is 0.660. The number of hydrogen-bond donors (Lipinski definition) is 0. The van der Waals surface area contributed by atoms with Crippen LogP contribution in [0.2, 0.25) is 5.02 Å². The molecule has 3 rings (SSSR count). The highest BCUT2D eigenvalue weighted by Crippen LogP contribution is 2.26. The van der Waals surface area contributed by atoms with Crippen LogP contribution in [0.4, 0.5) is 10.8 Å². The van der Waals surface area contributed by atoms with E-state index in [9.17, 15) is 4.79 Å². The number of rotatable bonds is 3. The fourth-order valence-corrected chi connectivity index (χ4v) is 3.26. The molecule has 0 saturated carbocycles. The van der Waals surface area contributed by atoms with Gasteiger partial charge in [0, 0.05) is 54.0 Å². The zero-order valence-corrected chi connectivity index (χ0v) is 12.4. The van der Waals surface area contributed by atoms with Gasteiger partial charge >= 0.3 is 0 Å². The molecule has 2 aromatic rings. The van der Waals surface area contributed by atoms with Gasteiger partial charge in [0.25, 0.3) is 0 Å². The number of aromatic nitrogens is 1. The van der Waals surface area contributed by atoms with Crippen LogP contribution in [-0.2, 0) is 0 Å². The summed E-state index contributed by atoms with van der Waals surface area (Å²) in [6.45, 7) is 3.53. The molecule has 0 radical (unpaired) electrons. The van der Waals surface area contributed by atoms with Crippen LogP contribution in [0.5, 0.6) is 0 Å². The lowest BCUT2D eigenvalue weighted by Gasteiger charge is -2.36. The van der Waals surface area contributed by atoms with E-state index in [1.54, 1.807) is 23.5 Å². The second-order valence-electron chi connectivity index (χ2n) is 4.61. The molecule has 0 spiro atoms. The van der Waals surface area contributed by atoms with Crippen LogP contribution in [0.1, 0.15) is 10.4 Å². The molecule has 0 atom stereocenters. The maximum Gasteiger partial charge on any atom is 0.185 e. The van der Waals surface area contributed by atoms with Crippen LogP contribution in [0.15, 0.2) is 29.8 Å². The summed E-state index contributed by atoms with van der Waals surface area (Å²) in [6, 6.07) is 5.39. The number of carbonyl (C=O) groups excluding carboxylic acids is 1. The van der Waals surface area contributed by atoms with Crippen molar-refractivity contribution in [2.75, 3.05) is 36.0 Å². The van der Waals surface area contributed by atoms with Gasteiger partial charge in [0.1, 0.15) is 0 Å². The van der Waals surface area contributed by atoms with Crippen LogP contribution in [-0.4, -0.2) is 37.4 Å². The van der Waals surface area contributed by atoms with Crippen LogP contribution in [0.3, 0.4) is 0 Å². The van der Waals surface area contributed by atoms with E-state index in [0.29, 0.717) is 10.6 Å². The normalized spacial score (nSPS) is 15.4. The van der Waals surface area contributed by atoms with Gasteiger partial charge in [0.15, 0.2) is 11.4 Å². The van der Waals surface area contributed by atoms with E-state index in [0.717, 1.165) is 43.3 Å². The first kappa shape index (κ1) is 13.4. The number of benzene rings is 1. The molecule has 0 bridgehead atoms. The minimum Gasteiger partial charge on any atom is -0.367 e. The maximum absolute atomic E-state index is 11.1. The first-order valence-corrected chi connectivity index (χ1v) is 7.68. The number of thiazole rings is 1. The van der Waals surface area contributed by atoms with E-state index < -0.39 is 0 Å². The molecule has 0 aliphatic carbocycles. The molecule has 2 heterocycles. The molecule has 4 nitrogen and oxygen atoms in total. The quantitative estimate of drug-likeness (QED) is 0.817. The molecular weight excluding hydrogens is 294 g/mol. The topological polar surface area (TPSA) is 36.4 Å². The third-order valence-electron chi connectivity index (χ3n) is 3.43. The molecule has 1 aromatic carbocycles. The van der Waals surface area contributed by atoms with Gasteiger partial charge in [0.2, 0.25) is 0 Å². The lowest BCUT2D eigenvalue weighted by molar-refractivity contribution is 0.112. The van der Waals surface area contributed by atoms with Crippen molar-refractivity contribution in [1.29, 1.82) is 0 Å². The molecule has 20 heavy (non-hydrogen) atoms. The summed E-state index contributed by atoms with van der Waals surface area (Å²) >= 11 is 7.70. The zero-order chi connectivity index (χ0) is 13.9. The lowest BCUT2D eigenvalue weighted by atomic mass is 10.1. The average molecular weight is 308 g/mol. The van der Waals surface area contributed by atoms with Crippen molar-refractivity contribution in [3.63, 3.8) is 0 Å². The third kappa shape index (κ3) is 2.64. The molecule has 104 valence electrons. The monoisotopic (exact) mass is 307 g/mol. The number of hydrogen-bond acceptors (Lipinski definition) is 5. The summed E-state index contributed by atoms with van der Waals surface area (Å²) in [7, 11) is 0. The highest BCUT2D eigenvalue weighted by Gasteiger charge is 2.20. The summed E-state index contributed by atoms with van der Waals surface area (Å²) in [5.41, 5.74) is 1.61. The van der Waals surface area contributed by atoms with Crippen LogP contribution >= 0.6 is 22.9 Å². The Balaban J connectivity index is 1.75. The fraction of sp³-hybridized carbons (Fsp3) is 0.286. The van der Waals surface area contributed by atoms with Crippen molar-refractivity contribution in [3.05, 3.63) is 40.4 Å². The molecule has 1 fully saturated rings. The van der Waals surface area contributed by atoms with Gasteiger partial charge in [-0.2, -0.15) is 0 Å². The molecule has 6 heteroatoms. The van der Waals surface area contributed by atoms with Crippen LogP contribution < -0.4 is 9.80 Å². The van der Waals surface area contributed by atoms with Crippen molar-refractivity contribution in [2.24, 2.45) is 0 Å². The number of aldehydes is 1. The molecular formula is C14H14ClN3OS. The molecule has 0 N–H and O–H groups in total. The Morgan fingerprint density at radius 3 is 2.60 bits per heavy atom. The Morgan fingerprint density at radius 1 is 1.20 bits per heavy atom. The number of piperazine rings is 1. The number of halogens is 1. The fourth-order valence-electron chi connectivity index (χ4n) is 2.40. The Kier molecular flexibility index (Phi) is 3.89. The molecule has 1 aliphatic heterocycles. The van der Waals surface area contributed by atoms with Gasteiger partial charge in [-0.15, -0.1) is 11.3 Å². The standard InChI is InChI=1S/C14H14ClN3OS/c15-12-2-1-11(10-19)13(9-12)17-4-6-18(7-5-17)14-16-3-8-20-14/h1-3,8-10H,4-7H2. The van der Waals surface area contributed by atoms with Gasteiger partial charge in [0.05, 0.1) is 0 Å². The van der Waals surface area contributed by atoms with E-state index in [2.05, 4.69) is 14.8 Å². The molecule has 0 amide bonds. The van der Waals surface area contributed by atoms with Gasteiger partial charge in [-0.3, -0.25) is 4.79 Å². The van der Waals surface area contributed by atoms with Crippen molar-refractivity contribution < 1.29 is 4.79 Å².